The number of aryl methyl sites for hydroxylation is 1. The Bertz CT molecular complexity index is 706. The highest BCUT2D eigenvalue weighted by Crippen LogP contribution is 2.26. The molecule has 0 bridgehead atoms. The van der Waals surface area contributed by atoms with Crippen molar-refractivity contribution >= 4 is 27.5 Å². The standard InChI is InChI=1S/C17H15BrN2O2/c1-2-12-5-8-16(15(18)9-12)22-11-17(21)20-14-6-3-13(10-19)4-7-14/h3-9H,2,11H2,1H3,(H,20,21). The van der Waals surface area contributed by atoms with E-state index in [0.717, 1.165) is 10.9 Å². The zero-order valence-electron chi connectivity index (χ0n) is 12.1. The Hall–Kier alpha value is -2.32. The van der Waals surface area contributed by atoms with Crippen LogP contribution in [0.4, 0.5) is 5.69 Å². The fourth-order valence-corrected chi connectivity index (χ4v) is 2.39. The molecular formula is C17H15BrN2O2. The molecule has 0 heterocycles. The number of nitriles is 1. The maximum Gasteiger partial charge on any atom is 0.262 e. The van der Waals surface area contributed by atoms with E-state index in [1.807, 2.05) is 24.3 Å². The minimum Gasteiger partial charge on any atom is -0.483 e. The van der Waals surface area contributed by atoms with Gasteiger partial charge >= 0.3 is 0 Å². The quantitative estimate of drug-likeness (QED) is 0.881. The molecule has 0 atom stereocenters. The van der Waals surface area contributed by atoms with E-state index in [0.29, 0.717) is 17.0 Å². The van der Waals surface area contributed by atoms with E-state index in [-0.39, 0.29) is 12.5 Å². The van der Waals surface area contributed by atoms with Crippen LogP contribution in [-0.4, -0.2) is 12.5 Å². The Kier molecular flexibility index (Phi) is 5.56. The molecule has 4 nitrogen and oxygen atoms in total. The van der Waals surface area contributed by atoms with Gasteiger partial charge in [0.25, 0.3) is 5.91 Å². The molecule has 0 unspecified atom stereocenters. The third kappa shape index (κ3) is 4.34. The average Bonchev–Trinajstić information content (AvgIpc) is 2.54. The average molecular weight is 359 g/mol. The lowest BCUT2D eigenvalue weighted by atomic mass is 10.2. The molecule has 2 rings (SSSR count). The minimum atomic E-state index is -0.254. The Morgan fingerprint density at radius 2 is 2.00 bits per heavy atom. The number of rotatable bonds is 5. The Morgan fingerprint density at radius 3 is 2.59 bits per heavy atom. The second-order valence-corrected chi connectivity index (χ2v) is 5.50. The first kappa shape index (κ1) is 16.1. The number of nitrogens with one attached hydrogen (secondary N) is 1. The number of hydrogen-bond donors (Lipinski definition) is 1. The van der Waals surface area contributed by atoms with Crippen molar-refractivity contribution in [3.63, 3.8) is 0 Å². The summed E-state index contributed by atoms with van der Waals surface area (Å²) in [4.78, 5) is 11.9. The highest BCUT2D eigenvalue weighted by atomic mass is 79.9. The molecule has 0 saturated heterocycles. The Balaban J connectivity index is 1.91. The van der Waals surface area contributed by atoms with Crippen molar-refractivity contribution in [2.24, 2.45) is 0 Å². The van der Waals surface area contributed by atoms with Gasteiger partial charge in [-0.05, 0) is 64.3 Å². The lowest BCUT2D eigenvalue weighted by molar-refractivity contribution is -0.118. The van der Waals surface area contributed by atoms with Gasteiger partial charge in [-0.15, -0.1) is 0 Å². The van der Waals surface area contributed by atoms with Gasteiger partial charge in [-0.25, -0.2) is 0 Å². The topological polar surface area (TPSA) is 62.1 Å². The van der Waals surface area contributed by atoms with E-state index in [4.69, 9.17) is 10.00 Å². The van der Waals surface area contributed by atoms with Gasteiger partial charge in [-0.2, -0.15) is 5.26 Å². The first-order valence-corrected chi connectivity index (χ1v) is 7.63. The summed E-state index contributed by atoms with van der Waals surface area (Å²) in [6, 6.07) is 14.5. The summed E-state index contributed by atoms with van der Waals surface area (Å²) in [5.74, 6) is 0.378. The number of ether oxygens (including phenoxy) is 1. The maximum absolute atomic E-state index is 11.9. The van der Waals surface area contributed by atoms with Gasteiger partial charge in [0, 0.05) is 5.69 Å². The van der Waals surface area contributed by atoms with E-state index in [2.05, 4.69) is 28.2 Å². The van der Waals surface area contributed by atoms with Crippen molar-refractivity contribution in [3.8, 4) is 11.8 Å². The third-order valence-corrected chi connectivity index (χ3v) is 3.68. The van der Waals surface area contributed by atoms with Crippen molar-refractivity contribution in [1.29, 1.82) is 5.26 Å². The molecule has 22 heavy (non-hydrogen) atoms. The van der Waals surface area contributed by atoms with Crippen LogP contribution in [0, 0.1) is 11.3 Å². The van der Waals surface area contributed by atoms with Crippen LogP contribution in [0.5, 0.6) is 5.75 Å². The number of hydrogen-bond acceptors (Lipinski definition) is 3. The Morgan fingerprint density at radius 1 is 1.27 bits per heavy atom. The molecular weight excluding hydrogens is 344 g/mol. The van der Waals surface area contributed by atoms with E-state index in [1.54, 1.807) is 24.3 Å². The molecule has 1 N–H and O–H groups in total. The molecule has 0 aromatic heterocycles. The normalized spacial score (nSPS) is 9.86. The summed E-state index contributed by atoms with van der Waals surface area (Å²) >= 11 is 3.43. The third-order valence-electron chi connectivity index (χ3n) is 3.06. The molecule has 0 aliphatic rings. The van der Waals surface area contributed by atoms with E-state index in [9.17, 15) is 4.79 Å². The van der Waals surface area contributed by atoms with Gasteiger partial charge in [0.15, 0.2) is 6.61 Å². The minimum absolute atomic E-state index is 0.0793. The lowest BCUT2D eigenvalue weighted by Crippen LogP contribution is -2.20. The van der Waals surface area contributed by atoms with Gasteiger partial charge < -0.3 is 10.1 Å². The van der Waals surface area contributed by atoms with Crippen molar-refractivity contribution in [1.82, 2.24) is 0 Å². The number of anilines is 1. The van der Waals surface area contributed by atoms with Gasteiger partial charge in [-0.1, -0.05) is 13.0 Å². The largest absolute Gasteiger partial charge is 0.483 e. The highest BCUT2D eigenvalue weighted by molar-refractivity contribution is 9.10. The van der Waals surface area contributed by atoms with Crippen molar-refractivity contribution < 1.29 is 9.53 Å². The second-order valence-electron chi connectivity index (χ2n) is 4.64. The number of carbonyl (C=O) groups is 1. The van der Waals surface area contributed by atoms with Crippen LogP contribution in [0.25, 0.3) is 0 Å². The molecule has 0 radical (unpaired) electrons. The van der Waals surface area contributed by atoms with Crippen molar-refractivity contribution in [2.45, 2.75) is 13.3 Å². The lowest BCUT2D eigenvalue weighted by Gasteiger charge is -2.10. The number of amides is 1. The predicted molar refractivity (Wildman–Crippen MR) is 88.8 cm³/mol. The molecule has 0 aliphatic carbocycles. The zero-order chi connectivity index (χ0) is 15.9. The summed E-state index contributed by atoms with van der Waals surface area (Å²) in [6.07, 6.45) is 0.943. The predicted octanol–water partition coefficient (Wildman–Crippen LogP) is 3.90. The van der Waals surface area contributed by atoms with Crippen LogP contribution in [-0.2, 0) is 11.2 Å². The SMILES string of the molecule is CCc1ccc(OCC(=O)Nc2ccc(C#N)cc2)c(Br)c1. The molecule has 0 spiro atoms. The van der Waals surface area contributed by atoms with Gasteiger partial charge in [0.05, 0.1) is 16.1 Å². The van der Waals surface area contributed by atoms with E-state index in [1.165, 1.54) is 5.56 Å². The molecule has 0 aliphatic heterocycles. The summed E-state index contributed by atoms with van der Waals surface area (Å²) in [6.45, 7) is 2.00. The Labute approximate surface area is 137 Å². The monoisotopic (exact) mass is 358 g/mol. The summed E-state index contributed by atoms with van der Waals surface area (Å²) < 4.78 is 6.34. The van der Waals surface area contributed by atoms with Gasteiger partial charge in [0.2, 0.25) is 0 Å². The van der Waals surface area contributed by atoms with Crippen LogP contribution in [0.2, 0.25) is 0 Å². The summed E-state index contributed by atoms with van der Waals surface area (Å²) in [5, 5.41) is 11.4. The van der Waals surface area contributed by atoms with Crippen LogP contribution in [0.1, 0.15) is 18.1 Å². The molecule has 112 valence electrons. The van der Waals surface area contributed by atoms with E-state index >= 15 is 0 Å². The second kappa shape index (κ2) is 7.62. The highest BCUT2D eigenvalue weighted by Gasteiger charge is 2.07. The maximum atomic E-state index is 11.9. The smallest absolute Gasteiger partial charge is 0.262 e. The number of nitrogens with zero attached hydrogens (tertiary/aromatic N) is 1. The van der Waals surface area contributed by atoms with Crippen LogP contribution in [0.3, 0.4) is 0 Å². The fourth-order valence-electron chi connectivity index (χ4n) is 1.85. The van der Waals surface area contributed by atoms with Crippen molar-refractivity contribution in [2.75, 3.05) is 11.9 Å². The summed E-state index contributed by atoms with van der Waals surface area (Å²) in [5.41, 5.74) is 2.38. The van der Waals surface area contributed by atoms with Crippen molar-refractivity contribution in [3.05, 3.63) is 58.1 Å². The van der Waals surface area contributed by atoms with E-state index < -0.39 is 0 Å². The van der Waals surface area contributed by atoms with Gasteiger partial charge in [0.1, 0.15) is 5.75 Å². The zero-order valence-corrected chi connectivity index (χ0v) is 13.7. The first-order valence-electron chi connectivity index (χ1n) is 6.83. The van der Waals surface area contributed by atoms with Crippen LogP contribution >= 0.6 is 15.9 Å². The number of carbonyl (C=O) groups excluding carboxylic acids is 1. The van der Waals surface area contributed by atoms with Crippen LogP contribution < -0.4 is 10.1 Å². The summed E-state index contributed by atoms with van der Waals surface area (Å²) in [7, 11) is 0. The molecule has 2 aromatic carbocycles. The number of benzene rings is 2. The molecule has 0 saturated carbocycles. The molecule has 5 heteroatoms. The first-order chi connectivity index (χ1) is 10.6. The molecule has 1 amide bonds. The molecule has 0 fully saturated rings. The van der Waals surface area contributed by atoms with Gasteiger partial charge in [-0.3, -0.25) is 4.79 Å². The fraction of sp³-hybridized carbons (Fsp3) is 0.176. The number of halogens is 1. The molecule has 2 aromatic rings. The van der Waals surface area contributed by atoms with Crippen LogP contribution in [0.15, 0.2) is 46.9 Å².